The highest BCUT2D eigenvalue weighted by Crippen LogP contribution is 2.32. The van der Waals surface area contributed by atoms with Gasteiger partial charge in [-0.25, -0.2) is 4.98 Å². The predicted octanol–water partition coefficient (Wildman–Crippen LogP) is 4.63. The topological polar surface area (TPSA) is 96.0 Å². The van der Waals surface area contributed by atoms with Crippen molar-refractivity contribution in [2.75, 3.05) is 0 Å². The minimum Gasteiger partial charge on any atom is -0.336 e. The van der Waals surface area contributed by atoms with Crippen LogP contribution < -0.4 is 0 Å². The molecule has 6 rings (SSSR count). The summed E-state index contributed by atoms with van der Waals surface area (Å²) in [6.07, 6.45) is 8.92. The van der Waals surface area contributed by atoms with Gasteiger partial charge in [0.25, 0.3) is 0 Å². The van der Waals surface area contributed by atoms with Crippen molar-refractivity contribution in [3.8, 4) is 33.9 Å². The molecule has 0 aliphatic carbocycles. The molecule has 0 amide bonds. The quantitative estimate of drug-likeness (QED) is 0.460. The molecule has 0 saturated carbocycles. The lowest BCUT2D eigenvalue weighted by molar-refractivity contribution is 1.11. The Labute approximate surface area is 170 Å². The fourth-order valence-electron chi connectivity index (χ4n) is 3.68. The van der Waals surface area contributed by atoms with Gasteiger partial charge in [0.1, 0.15) is 11.2 Å². The van der Waals surface area contributed by atoms with Gasteiger partial charge in [-0.05, 0) is 42.0 Å². The van der Waals surface area contributed by atoms with Crippen LogP contribution in [-0.2, 0) is 0 Å². The molecule has 0 unspecified atom stereocenters. The molecular formula is C23H15N7. The molecule has 0 fully saturated rings. The van der Waals surface area contributed by atoms with Crippen molar-refractivity contribution in [2.45, 2.75) is 0 Å². The number of nitrogens with zero attached hydrogens (tertiary/aromatic N) is 5. The third-order valence-corrected chi connectivity index (χ3v) is 5.14. The van der Waals surface area contributed by atoms with Gasteiger partial charge in [-0.1, -0.05) is 12.1 Å². The molecule has 0 saturated heterocycles. The van der Waals surface area contributed by atoms with E-state index in [2.05, 4.69) is 42.3 Å². The summed E-state index contributed by atoms with van der Waals surface area (Å²) in [6, 6.07) is 16.0. The minimum atomic E-state index is 0.697. The van der Waals surface area contributed by atoms with Crippen LogP contribution in [0.4, 0.5) is 0 Å². The maximum Gasteiger partial charge on any atom is 0.159 e. The molecule has 7 heteroatoms. The Kier molecular flexibility index (Phi) is 3.64. The highest BCUT2D eigenvalue weighted by Gasteiger charge is 2.16. The van der Waals surface area contributed by atoms with Crippen LogP contribution in [0.1, 0.15) is 0 Å². The van der Waals surface area contributed by atoms with E-state index >= 15 is 0 Å². The van der Waals surface area contributed by atoms with Gasteiger partial charge in [0.15, 0.2) is 5.82 Å². The number of hydrogen-bond acceptors (Lipinski definition) is 5. The lowest BCUT2D eigenvalue weighted by atomic mass is 10.0. The molecule has 142 valence electrons. The van der Waals surface area contributed by atoms with E-state index in [1.807, 2.05) is 42.6 Å². The number of aromatic nitrogens is 7. The summed E-state index contributed by atoms with van der Waals surface area (Å²) in [5, 5.41) is 8.63. The fourth-order valence-corrected chi connectivity index (χ4v) is 3.68. The van der Waals surface area contributed by atoms with Crippen LogP contribution in [0.25, 0.3) is 55.8 Å². The van der Waals surface area contributed by atoms with Gasteiger partial charge in [0, 0.05) is 47.5 Å². The zero-order chi connectivity index (χ0) is 19.9. The zero-order valence-electron chi connectivity index (χ0n) is 15.7. The van der Waals surface area contributed by atoms with Gasteiger partial charge in [0.05, 0.1) is 16.7 Å². The zero-order valence-corrected chi connectivity index (χ0v) is 15.7. The van der Waals surface area contributed by atoms with Crippen molar-refractivity contribution in [2.24, 2.45) is 0 Å². The highest BCUT2D eigenvalue weighted by molar-refractivity contribution is 5.97. The van der Waals surface area contributed by atoms with Gasteiger partial charge in [-0.3, -0.25) is 20.1 Å². The van der Waals surface area contributed by atoms with Crippen molar-refractivity contribution >= 4 is 21.9 Å². The predicted molar refractivity (Wildman–Crippen MR) is 115 cm³/mol. The number of hydrogen-bond donors (Lipinski definition) is 2. The summed E-state index contributed by atoms with van der Waals surface area (Å²) in [5.74, 6) is 0.697. The highest BCUT2D eigenvalue weighted by atomic mass is 15.1. The monoisotopic (exact) mass is 389 g/mol. The molecule has 2 N–H and O–H groups in total. The van der Waals surface area contributed by atoms with Gasteiger partial charge in [0.2, 0.25) is 0 Å². The molecule has 6 aromatic rings. The Morgan fingerprint density at radius 3 is 2.50 bits per heavy atom. The van der Waals surface area contributed by atoms with Crippen molar-refractivity contribution < 1.29 is 0 Å². The summed E-state index contributed by atoms with van der Waals surface area (Å²) < 4.78 is 0. The lowest BCUT2D eigenvalue weighted by Gasteiger charge is -2.01. The molecule has 0 aliphatic rings. The first kappa shape index (κ1) is 16.6. The van der Waals surface area contributed by atoms with Crippen LogP contribution in [0.5, 0.6) is 0 Å². The van der Waals surface area contributed by atoms with Gasteiger partial charge in [-0.2, -0.15) is 5.10 Å². The maximum absolute atomic E-state index is 4.85. The first-order valence-electron chi connectivity index (χ1n) is 9.51. The SMILES string of the molecule is c1cncc(-c2ccc3[nH]nc(-c4nc5c(-c6ccncc6)nccc5[nH]4)c3c2)c1. The minimum absolute atomic E-state index is 0.697. The molecule has 30 heavy (non-hydrogen) atoms. The van der Waals surface area contributed by atoms with E-state index in [0.29, 0.717) is 5.82 Å². The summed E-state index contributed by atoms with van der Waals surface area (Å²) in [6.45, 7) is 0. The van der Waals surface area contributed by atoms with Crippen molar-refractivity contribution in [3.63, 3.8) is 0 Å². The number of benzene rings is 1. The van der Waals surface area contributed by atoms with Crippen LogP contribution in [0.3, 0.4) is 0 Å². The molecule has 0 aliphatic heterocycles. The number of H-pyrrole nitrogens is 2. The Morgan fingerprint density at radius 1 is 0.700 bits per heavy atom. The van der Waals surface area contributed by atoms with Crippen molar-refractivity contribution in [1.29, 1.82) is 0 Å². The molecule has 5 aromatic heterocycles. The standard InChI is InChI=1S/C23H15N7/c1-2-16(13-25-8-1)15-3-4-18-17(12-15)21(30-29-18)23-27-19-7-11-26-20(22(19)28-23)14-5-9-24-10-6-14/h1-13H,(H,27,28)(H,29,30). The molecular weight excluding hydrogens is 374 g/mol. The van der Waals surface area contributed by atoms with Gasteiger partial charge >= 0.3 is 0 Å². The second-order valence-electron chi connectivity index (χ2n) is 6.95. The van der Waals surface area contributed by atoms with E-state index in [9.17, 15) is 0 Å². The van der Waals surface area contributed by atoms with E-state index in [1.165, 1.54) is 0 Å². The number of imidazole rings is 1. The first-order chi connectivity index (χ1) is 14.9. The van der Waals surface area contributed by atoms with Crippen LogP contribution in [0, 0.1) is 0 Å². The molecule has 0 atom stereocenters. The molecule has 1 aromatic carbocycles. The number of nitrogens with one attached hydrogen (secondary N) is 2. The Bertz CT molecular complexity index is 1480. The van der Waals surface area contributed by atoms with E-state index in [0.717, 1.165) is 50.0 Å². The number of fused-ring (bicyclic) bond motifs is 2. The van der Waals surface area contributed by atoms with E-state index in [-0.39, 0.29) is 0 Å². The normalized spacial score (nSPS) is 11.3. The molecule has 0 spiro atoms. The molecule has 0 radical (unpaired) electrons. The number of aromatic amines is 2. The van der Waals surface area contributed by atoms with Crippen LogP contribution >= 0.6 is 0 Å². The van der Waals surface area contributed by atoms with E-state index < -0.39 is 0 Å². The Hall–Kier alpha value is -4.39. The molecule has 0 bridgehead atoms. The average Bonchev–Trinajstić information content (AvgIpc) is 3.43. The number of pyridine rings is 3. The summed E-state index contributed by atoms with van der Waals surface area (Å²) in [5.41, 5.74) is 7.35. The van der Waals surface area contributed by atoms with Crippen LogP contribution in [0.2, 0.25) is 0 Å². The smallest absolute Gasteiger partial charge is 0.159 e. The third kappa shape index (κ3) is 2.64. The van der Waals surface area contributed by atoms with Gasteiger partial charge in [-0.15, -0.1) is 0 Å². The Morgan fingerprint density at radius 2 is 1.63 bits per heavy atom. The summed E-state index contributed by atoms with van der Waals surface area (Å²) >= 11 is 0. The number of rotatable bonds is 3. The third-order valence-electron chi connectivity index (χ3n) is 5.14. The van der Waals surface area contributed by atoms with Crippen LogP contribution in [-0.4, -0.2) is 35.1 Å². The molecule has 7 nitrogen and oxygen atoms in total. The van der Waals surface area contributed by atoms with Gasteiger partial charge < -0.3 is 4.98 Å². The van der Waals surface area contributed by atoms with E-state index in [1.54, 1.807) is 24.8 Å². The first-order valence-corrected chi connectivity index (χ1v) is 9.51. The summed E-state index contributed by atoms with van der Waals surface area (Å²) in [7, 11) is 0. The fraction of sp³-hybridized carbons (Fsp3) is 0. The largest absolute Gasteiger partial charge is 0.336 e. The van der Waals surface area contributed by atoms with Crippen molar-refractivity contribution in [1.82, 2.24) is 35.1 Å². The van der Waals surface area contributed by atoms with Crippen LogP contribution in [0.15, 0.2) is 79.5 Å². The van der Waals surface area contributed by atoms with E-state index in [4.69, 9.17) is 4.98 Å². The summed E-state index contributed by atoms with van der Waals surface area (Å²) in [4.78, 5) is 21.1. The second kappa shape index (κ2) is 6.59. The van der Waals surface area contributed by atoms with Crippen molar-refractivity contribution in [3.05, 3.63) is 79.5 Å². The Balaban J connectivity index is 1.52. The average molecular weight is 389 g/mol. The second-order valence-corrected chi connectivity index (χ2v) is 6.95. The lowest BCUT2D eigenvalue weighted by Crippen LogP contribution is -1.86. The maximum atomic E-state index is 4.85. The molecule has 5 heterocycles.